The summed E-state index contributed by atoms with van der Waals surface area (Å²) in [6.07, 6.45) is 21.7. The van der Waals surface area contributed by atoms with Gasteiger partial charge in [0, 0.05) is 5.56 Å². The van der Waals surface area contributed by atoms with Crippen molar-refractivity contribution in [1.82, 2.24) is 0 Å². The van der Waals surface area contributed by atoms with E-state index >= 15 is 0 Å². The van der Waals surface area contributed by atoms with E-state index < -0.39 is 11.9 Å². The van der Waals surface area contributed by atoms with E-state index in [9.17, 15) is 14.7 Å². The van der Waals surface area contributed by atoms with Gasteiger partial charge in [-0.25, -0.2) is 0 Å². The summed E-state index contributed by atoms with van der Waals surface area (Å²) in [6.45, 7) is 2.27. The molecule has 0 unspecified atom stereocenters. The summed E-state index contributed by atoms with van der Waals surface area (Å²) in [5.74, 6) is -1.73. The van der Waals surface area contributed by atoms with Crippen LogP contribution < -0.4 is 40.4 Å². The number of hydrogen-bond acceptors (Lipinski definition) is 3. The van der Waals surface area contributed by atoms with Gasteiger partial charge in [0.2, 0.25) is 5.91 Å². The van der Waals surface area contributed by atoms with Gasteiger partial charge in [-0.15, -0.1) is 0 Å². The number of rotatable bonds is 19. The van der Waals surface area contributed by atoms with Gasteiger partial charge >= 0.3 is 29.6 Å². The van der Waals surface area contributed by atoms with Gasteiger partial charge in [-0.2, -0.15) is 0 Å². The molecule has 0 saturated carbocycles. The Morgan fingerprint density at radius 2 is 1.16 bits per heavy atom. The number of benzene rings is 1. The second-order valence-electron chi connectivity index (χ2n) is 8.58. The number of primary amides is 1. The number of carbonyl (C=O) groups is 2. The van der Waals surface area contributed by atoms with E-state index in [1.165, 1.54) is 108 Å². The monoisotopic (exact) mass is 439 g/mol. The third kappa shape index (κ3) is 14.8. The maximum absolute atomic E-state index is 11.5. The fourth-order valence-electron chi connectivity index (χ4n) is 4.03. The average molecular weight is 440 g/mol. The first-order chi connectivity index (χ1) is 14.6. The van der Waals surface area contributed by atoms with Gasteiger partial charge in [-0.3, -0.25) is 4.79 Å². The van der Waals surface area contributed by atoms with E-state index in [1.807, 2.05) is 0 Å². The molecule has 1 amide bonds. The third-order valence-corrected chi connectivity index (χ3v) is 5.91. The van der Waals surface area contributed by atoms with Crippen LogP contribution in [0.4, 0.5) is 0 Å². The normalized spacial score (nSPS) is 10.6. The van der Waals surface area contributed by atoms with Crippen molar-refractivity contribution in [2.45, 2.75) is 116 Å². The molecule has 0 aliphatic rings. The molecule has 1 rings (SSSR count). The molecule has 0 spiro atoms. The van der Waals surface area contributed by atoms with Crippen LogP contribution in [0.3, 0.4) is 0 Å². The molecule has 0 aliphatic heterocycles. The van der Waals surface area contributed by atoms with Crippen LogP contribution in [0.25, 0.3) is 0 Å². The first kappa shape index (κ1) is 30.2. The Morgan fingerprint density at radius 1 is 0.742 bits per heavy atom. The van der Waals surface area contributed by atoms with Crippen molar-refractivity contribution < 1.29 is 44.3 Å². The molecule has 0 fully saturated rings. The number of hydrogen-bond donors (Lipinski definition) is 1. The van der Waals surface area contributed by atoms with Crippen molar-refractivity contribution in [1.29, 1.82) is 0 Å². The summed E-state index contributed by atoms with van der Waals surface area (Å²) in [4.78, 5) is 22.6. The smallest absolute Gasteiger partial charge is 0.545 e. The maximum atomic E-state index is 11.5. The number of carboxylic acids is 1. The summed E-state index contributed by atoms with van der Waals surface area (Å²) >= 11 is 0. The number of nitrogens with two attached hydrogens (primary N) is 1. The summed E-state index contributed by atoms with van der Waals surface area (Å²) in [5, 5.41) is 11.0. The summed E-state index contributed by atoms with van der Waals surface area (Å²) < 4.78 is 0. The van der Waals surface area contributed by atoms with Crippen molar-refractivity contribution in [2.75, 3.05) is 0 Å². The van der Waals surface area contributed by atoms with Gasteiger partial charge in [0.05, 0.1) is 5.97 Å². The Hall–Kier alpha value is -0.840. The molecule has 0 heterocycles. The van der Waals surface area contributed by atoms with Gasteiger partial charge in [-0.05, 0) is 36.1 Å². The third-order valence-electron chi connectivity index (χ3n) is 5.91. The summed E-state index contributed by atoms with van der Waals surface area (Å²) in [6, 6.07) is 4.41. The summed E-state index contributed by atoms with van der Waals surface area (Å²) in [5.41, 5.74) is 6.64. The van der Waals surface area contributed by atoms with E-state index in [4.69, 9.17) is 5.73 Å². The number of aromatic carboxylic acids is 1. The van der Waals surface area contributed by atoms with E-state index in [-0.39, 0.29) is 35.1 Å². The van der Waals surface area contributed by atoms with Crippen LogP contribution in [0.1, 0.15) is 136 Å². The molecule has 5 heteroatoms. The Bertz CT molecular complexity index is 619. The average Bonchev–Trinajstić information content (AvgIpc) is 2.73. The molecule has 170 valence electrons. The molecule has 0 radical (unpaired) electrons. The van der Waals surface area contributed by atoms with Crippen LogP contribution in [0, 0.1) is 0 Å². The van der Waals surface area contributed by atoms with E-state index in [0.717, 1.165) is 18.4 Å². The largest absolute Gasteiger partial charge is 1.00 e. The molecule has 1 aromatic rings. The van der Waals surface area contributed by atoms with Gasteiger partial charge in [0.25, 0.3) is 0 Å². The molecular formula is C26H42NNaO3. The second kappa shape index (κ2) is 19.8. The Morgan fingerprint density at radius 3 is 1.55 bits per heavy atom. The Balaban J connectivity index is 0.00000900. The zero-order valence-electron chi connectivity index (χ0n) is 20.1. The number of amides is 1. The van der Waals surface area contributed by atoms with Crippen LogP contribution >= 0.6 is 0 Å². The predicted molar refractivity (Wildman–Crippen MR) is 123 cm³/mol. The molecule has 0 atom stereocenters. The van der Waals surface area contributed by atoms with E-state index in [0.29, 0.717) is 12.0 Å². The van der Waals surface area contributed by atoms with Gasteiger partial charge in [0.15, 0.2) is 0 Å². The van der Waals surface area contributed by atoms with E-state index in [2.05, 4.69) is 6.92 Å². The van der Waals surface area contributed by atoms with Gasteiger partial charge in [0.1, 0.15) is 0 Å². The molecule has 2 N–H and O–H groups in total. The molecule has 0 saturated heterocycles. The van der Waals surface area contributed by atoms with Crippen molar-refractivity contribution in [3.63, 3.8) is 0 Å². The van der Waals surface area contributed by atoms with Crippen LogP contribution in [-0.4, -0.2) is 11.9 Å². The maximum Gasteiger partial charge on any atom is 1.00 e. The minimum absolute atomic E-state index is 0. The van der Waals surface area contributed by atoms with Crippen LogP contribution in [0.5, 0.6) is 0 Å². The number of aryl methyl sites for hydroxylation is 1. The van der Waals surface area contributed by atoms with Crippen molar-refractivity contribution >= 4 is 11.9 Å². The molecule has 0 aliphatic carbocycles. The summed E-state index contributed by atoms with van der Waals surface area (Å²) in [7, 11) is 0. The minimum Gasteiger partial charge on any atom is -0.545 e. The SMILES string of the molecule is CCCCCCCCCCCCCCCCCCc1cc(C(=O)[O-])ccc1C(N)=O.[Na+]. The first-order valence-electron chi connectivity index (χ1n) is 12.2. The molecule has 1 aromatic carbocycles. The van der Waals surface area contributed by atoms with E-state index in [1.54, 1.807) is 0 Å². The van der Waals surface area contributed by atoms with Crippen molar-refractivity contribution in [3.05, 3.63) is 34.9 Å². The molecule has 31 heavy (non-hydrogen) atoms. The number of carbonyl (C=O) groups excluding carboxylic acids is 2. The zero-order chi connectivity index (χ0) is 22.0. The minimum atomic E-state index is -1.22. The quantitative estimate of drug-likeness (QED) is 0.266. The van der Waals surface area contributed by atoms with Crippen LogP contribution in [0.15, 0.2) is 18.2 Å². The zero-order valence-corrected chi connectivity index (χ0v) is 22.1. The van der Waals surface area contributed by atoms with Crippen molar-refractivity contribution in [3.8, 4) is 0 Å². The predicted octanol–water partition coefficient (Wildman–Crippen LogP) is 2.96. The van der Waals surface area contributed by atoms with Crippen LogP contribution in [0.2, 0.25) is 0 Å². The topological polar surface area (TPSA) is 83.2 Å². The standard InChI is InChI=1S/C26H43NO3.Na/c1-2-3-4-5-6-7-8-9-10-11-12-13-14-15-16-17-18-22-21-23(26(29)30)19-20-24(22)25(27)28;/h19-21H,2-18H2,1H3,(H2,27,28)(H,29,30);/q;+1/p-1. The molecule has 4 nitrogen and oxygen atoms in total. The molecule has 0 aromatic heterocycles. The fraction of sp³-hybridized carbons (Fsp3) is 0.692. The first-order valence-corrected chi connectivity index (χ1v) is 12.2. The van der Waals surface area contributed by atoms with Crippen molar-refractivity contribution in [2.24, 2.45) is 5.73 Å². The Labute approximate surface area is 212 Å². The number of carboxylic acid groups (broad SMARTS) is 1. The second-order valence-corrected chi connectivity index (χ2v) is 8.58. The number of unbranched alkanes of at least 4 members (excludes halogenated alkanes) is 15. The molecule has 0 bridgehead atoms. The molecular weight excluding hydrogens is 397 g/mol. The van der Waals surface area contributed by atoms with Gasteiger partial charge in [-0.1, -0.05) is 109 Å². The van der Waals surface area contributed by atoms with Crippen LogP contribution in [-0.2, 0) is 6.42 Å². The van der Waals surface area contributed by atoms with Gasteiger partial charge < -0.3 is 15.6 Å². The fourth-order valence-corrected chi connectivity index (χ4v) is 4.03. The Kier molecular flexibility index (Phi) is 19.3.